The van der Waals surface area contributed by atoms with Crippen molar-refractivity contribution in [3.63, 3.8) is 0 Å². The predicted octanol–water partition coefficient (Wildman–Crippen LogP) is 2.18. The standard InChI is InChI=1S/C15H30N2O5/c1-14(2,3)21-12(19)16-9-7-11(8-10-18)17-13(20)22-15(4,5)6/h11,18H,7-10H2,1-6H3,(H,16,19)(H,17,20). The second-order valence-corrected chi connectivity index (χ2v) is 7.07. The van der Waals surface area contributed by atoms with Crippen molar-refractivity contribution in [1.82, 2.24) is 10.6 Å². The topological polar surface area (TPSA) is 96.9 Å². The maximum absolute atomic E-state index is 11.7. The lowest BCUT2D eigenvalue weighted by atomic mass is 10.1. The molecule has 0 aromatic carbocycles. The van der Waals surface area contributed by atoms with E-state index in [2.05, 4.69) is 10.6 Å². The van der Waals surface area contributed by atoms with Gasteiger partial charge >= 0.3 is 12.2 Å². The van der Waals surface area contributed by atoms with Gasteiger partial charge in [-0.15, -0.1) is 0 Å². The Morgan fingerprint density at radius 3 is 1.91 bits per heavy atom. The Balaban J connectivity index is 4.20. The molecule has 0 fully saturated rings. The van der Waals surface area contributed by atoms with Crippen LogP contribution in [-0.2, 0) is 9.47 Å². The van der Waals surface area contributed by atoms with Crippen LogP contribution < -0.4 is 10.6 Å². The molecule has 0 saturated heterocycles. The second-order valence-electron chi connectivity index (χ2n) is 7.07. The highest BCUT2D eigenvalue weighted by Crippen LogP contribution is 2.08. The maximum Gasteiger partial charge on any atom is 0.407 e. The molecule has 0 aromatic rings. The third-order valence-electron chi connectivity index (χ3n) is 2.36. The summed E-state index contributed by atoms with van der Waals surface area (Å²) < 4.78 is 10.3. The monoisotopic (exact) mass is 318 g/mol. The summed E-state index contributed by atoms with van der Waals surface area (Å²) in [5, 5.41) is 14.3. The highest BCUT2D eigenvalue weighted by atomic mass is 16.6. The molecule has 2 amide bonds. The molecule has 130 valence electrons. The molecule has 22 heavy (non-hydrogen) atoms. The van der Waals surface area contributed by atoms with E-state index in [1.54, 1.807) is 41.5 Å². The number of rotatable bonds is 6. The summed E-state index contributed by atoms with van der Waals surface area (Å²) in [5.41, 5.74) is -1.13. The predicted molar refractivity (Wildman–Crippen MR) is 83.7 cm³/mol. The first kappa shape index (κ1) is 20.5. The van der Waals surface area contributed by atoms with Crippen molar-refractivity contribution < 1.29 is 24.2 Å². The number of nitrogens with one attached hydrogen (secondary N) is 2. The molecule has 1 unspecified atom stereocenters. The van der Waals surface area contributed by atoms with Crippen LogP contribution in [-0.4, -0.2) is 47.7 Å². The van der Waals surface area contributed by atoms with E-state index in [1.807, 2.05) is 0 Å². The summed E-state index contributed by atoms with van der Waals surface area (Å²) in [7, 11) is 0. The fourth-order valence-corrected chi connectivity index (χ4v) is 1.58. The maximum atomic E-state index is 11.7. The molecule has 7 nitrogen and oxygen atoms in total. The van der Waals surface area contributed by atoms with E-state index in [0.29, 0.717) is 19.4 Å². The minimum Gasteiger partial charge on any atom is -0.444 e. The number of aliphatic hydroxyl groups is 1. The molecule has 0 aliphatic rings. The molecule has 0 rings (SSSR count). The van der Waals surface area contributed by atoms with Crippen molar-refractivity contribution in [3.8, 4) is 0 Å². The van der Waals surface area contributed by atoms with Gasteiger partial charge in [0.2, 0.25) is 0 Å². The van der Waals surface area contributed by atoms with Crippen LogP contribution in [0.3, 0.4) is 0 Å². The van der Waals surface area contributed by atoms with Gasteiger partial charge in [0.05, 0.1) is 0 Å². The Morgan fingerprint density at radius 1 is 0.955 bits per heavy atom. The van der Waals surface area contributed by atoms with Crippen molar-refractivity contribution in [3.05, 3.63) is 0 Å². The number of aliphatic hydroxyl groups excluding tert-OH is 1. The van der Waals surface area contributed by atoms with Crippen LogP contribution in [0, 0.1) is 0 Å². The van der Waals surface area contributed by atoms with Crippen LogP contribution in [0.15, 0.2) is 0 Å². The van der Waals surface area contributed by atoms with Gasteiger partial charge in [-0.1, -0.05) is 0 Å². The number of alkyl carbamates (subject to hydrolysis) is 2. The summed E-state index contributed by atoms with van der Waals surface area (Å²) in [6, 6.07) is -0.283. The molecule has 0 aliphatic heterocycles. The van der Waals surface area contributed by atoms with Crippen LogP contribution in [0.5, 0.6) is 0 Å². The van der Waals surface area contributed by atoms with Crippen molar-refractivity contribution in [1.29, 1.82) is 0 Å². The lowest BCUT2D eigenvalue weighted by molar-refractivity contribution is 0.0492. The van der Waals surface area contributed by atoms with E-state index in [1.165, 1.54) is 0 Å². The quantitative estimate of drug-likeness (QED) is 0.697. The minimum atomic E-state index is -0.581. The lowest BCUT2D eigenvalue weighted by Crippen LogP contribution is -2.42. The normalized spacial score (nSPS) is 13.2. The third kappa shape index (κ3) is 12.3. The van der Waals surface area contributed by atoms with Crippen LogP contribution in [0.4, 0.5) is 9.59 Å². The largest absolute Gasteiger partial charge is 0.444 e. The molecule has 0 heterocycles. The van der Waals surface area contributed by atoms with Crippen molar-refractivity contribution in [2.75, 3.05) is 13.2 Å². The Bertz CT molecular complexity index is 358. The zero-order chi connectivity index (χ0) is 17.4. The van der Waals surface area contributed by atoms with Crippen LogP contribution >= 0.6 is 0 Å². The molecule has 0 aromatic heterocycles. The van der Waals surface area contributed by atoms with Crippen molar-refractivity contribution in [2.45, 2.75) is 71.6 Å². The molecule has 1 atom stereocenters. The Kier molecular flexibility index (Phi) is 8.22. The number of amides is 2. The van der Waals surface area contributed by atoms with Crippen LogP contribution in [0.2, 0.25) is 0 Å². The van der Waals surface area contributed by atoms with Crippen molar-refractivity contribution >= 4 is 12.2 Å². The smallest absolute Gasteiger partial charge is 0.407 e. The summed E-state index contributed by atoms with van der Waals surface area (Å²) in [5.74, 6) is 0. The zero-order valence-electron chi connectivity index (χ0n) is 14.5. The number of hydrogen-bond acceptors (Lipinski definition) is 5. The summed E-state index contributed by atoms with van der Waals surface area (Å²) in [6.45, 7) is 10.9. The lowest BCUT2D eigenvalue weighted by Gasteiger charge is -2.24. The van der Waals surface area contributed by atoms with E-state index in [4.69, 9.17) is 14.6 Å². The summed E-state index contributed by atoms with van der Waals surface area (Å²) >= 11 is 0. The minimum absolute atomic E-state index is 0.0626. The number of carbonyl (C=O) groups is 2. The highest BCUT2D eigenvalue weighted by Gasteiger charge is 2.20. The van der Waals surface area contributed by atoms with Gasteiger partial charge in [-0.05, 0) is 54.4 Å². The first-order chi connectivity index (χ1) is 9.93. The van der Waals surface area contributed by atoms with E-state index < -0.39 is 23.4 Å². The van der Waals surface area contributed by atoms with E-state index in [9.17, 15) is 9.59 Å². The summed E-state index contributed by atoms with van der Waals surface area (Å²) in [4.78, 5) is 23.2. The van der Waals surface area contributed by atoms with Crippen LogP contribution in [0.25, 0.3) is 0 Å². The average molecular weight is 318 g/mol. The molecular weight excluding hydrogens is 288 g/mol. The molecule has 0 aliphatic carbocycles. The zero-order valence-corrected chi connectivity index (χ0v) is 14.5. The van der Waals surface area contributed by atoms with Gasteiger partial charge in [-0.25, -0.2) is 9.59 Å². The summed E-state index contributed by atoms with van der Waals surface area (Å²) in [6.07, 6.45) is -0.190. The number of ether oxygens (including phenoxy) is 2. The Hall–Kier alpha value is -1.50. The third-order valence-corrected chi connectivity index (χ3v) is 2.36. The fourth-order valence-electron chi connectivity index (χ4n) is 1.58. The number of carbonyl (C=O) groups excluding carboxylic acids is 2. The molecule has 0 spiro atoms. The molecule has 0 saturated carbocycles. The van der Waals surface area contributed by atoms with Crippen molar-refractivity contribution in [2.24, 2.45) is 0 Å². The van der Waals surface area contributed by atoms with Crippen LogP contribution in [0.1, 0.15) is 54.4 Å². The van der Waals surface area contributed by atoms with Gasteiger partial charge in [-0.3, -0.25) is 0 Å². The Labute approximate surface area is 132 Å². The van der Waals surface area contributed by atoms with Gasteiger partial charge < -0.3 is 25.2 Å². The highest BCUT2D eigenvalue weighted by molar-refractivity contribution is 5.68. The number of hydrogen-bond donors (Lipinski definition) is 3. The SMILES string of the molecule is CC(C)(C)OC(=O)NCCC(CCO)NC(=O)OC(C)(C)C. The molecule has 7 heteroatoms. The second kappa shape index (κ2) is 8.82. The van der Waals surface area contributed by atoms with Gasteiger partial charge in [0.1, 0.15) is 11.2 Å². The first-order valence-electron chi connectivity index (χ1n) is 7.50. The van der Waals surface area contributed by atoms with Gasteiger partial charge in [-0.2, -0.15) is 0 Å². The van der Waals surface area contributed by atoms with E-state index in [0.717, 1.165) is 0 Å². The average Bonchev–Trinajstić information content (AvgIpc) is 2.23. The Morgan fingerprint density at radius 2 is 1.45 bits per heavy atom. The van der Waals surface area contributed by atoms with Gasteiger partial charge in [0.15, 0.2) is 0 Å². The first-order valence-corrected chi connectivity index (χ1v) is 7.50. The van der Waals surface area contributed by atoms with Gasteiger partial charge in [0, 0.05) is 19.2 Å². The molecule has 0 radical (unpaired) electrons. The van der Waals surface area contributed by atoms with E-state index in [-0.39, 0.29) is 12.6 Å². The molecular formula is C15H30N2O5. The van der Waals surface area contributed by atoms with E-state index >= 15 is 0 Å². The molecule has 3 N–H and O–H groups in total. The van der Waals surface area contributed by atoms with Gasteiger partial charge in [0.25, 0.3) is 0 Å². The molecule has 0 bridgehead atoms. The fraction of sp³-hybridized carbons (Fsp3) is 0.867.